The highest BCUT2D eigenvalue weighted by molar-refractivity contribution is 5.77. The van der Waals surface area contributed by atoms with Gasteiger partial charge < -0.3 is 19.3 Å². The zero-order valence-electron chi connectivity index (χ0n) is 18.8. The molecule has 4 rings (SSSR count). The molecule has 3 heterocycles. The van der Waals surface area contributed by atoms with Crippen LogP contribution in [0.2, 0.25) is 0 Å². The molecule has 2 aromatic rings. The van der Waals surface area contributed by atoms with Crippen molar-refractivity contribution in [3.63, 3.8) is 0 Å². The zero-order chi connectivity index (χ0) is 21.8. The van der Waals surface area contributed by atoms with Crippen LogP contribution < -0.4 is 9.64 Å². The number of methoxy groups -OCH3 is 2. The van der Waals surface area contributed by atoms with E-state index in [1.807, 2.05) is 17.0 Å². The summed E-state index contributed by atoms with van der Waals surface area (Å²) in [4.78, 5) is 26.5. The molecule has 0 N–H and O–H groups in total. The van der Waals surface area contributed by atoms with Crippen molar-refractivity contribution in [2.24, 2.45) is 0 Å². The van der Waals surface area contributed by atoms with E-state index in [-0.39, 0.29) is 18.4 Å². The van der Waals surface area contributed by atoms with E-state index in [4.69, 9.17) is 19.4 Å². The second kappa shape index (κ2) is 9.64. The second-order valence-electron chi connectivity index (χ2n) is 8.46. The lowest BCUT2D eigenvalue weighted by atomic mass is 9.96. The Bertz CT molecular complexity index is 933. The van der Waals surface area contributed by atoms with Gasteiger partial charge in [-0.2, -0.15) is 0 Å². The van der Waals surface area contributed by atoms with Crippen molar-refractivity contribution in [1.82, 2.24) is 14.9 Å². The molecule has 1 aromatic heterocycles. The number of aryl methyl sites for hydroxylation is 1. The van der Waals surface area contributed by atoms with Crippen LogP contribution in [-0.2, 0) is 22.5 Å². The van der Waals surface area contributed by atoms with Crippen LogP contribution in [0.3, 0.4) is 0 Å². The summed E-state index contributed by atoms with van der Waals surface area (Å²) in [6.07, 6.45) is 4.08. The van der Waals surface area contributed by atoms with E-state index in [9.17, 15) is 4.79 Å². The summed E-state index contributed by atoms with van der Waals surface area (Å²) in [5.74, 6) is 3.00. The van der Waals surface area contributed by atoms with E-state index in [2.05, 4.69) is 24.0 Å². The van der Waals surface area contributed by atoms with Crippen LogP contribution in [-0.4, -0.2) is 61.2 Å². The van der Waals surface area contributed by atoms with Crippen molar-refractivity contribution in [1.29, 1.82) is 0 Å². The quantitative estimate of drug-likeness (QED) is 0.710. The standard InChI is InChI=1S/C24H32N4O3/c1-17-21-10-6-12-28(14-18-7-4-9-20(13-18)31-3)24(21)26-23(25-17)19-8-5-11-27(15-19)22(29)16-30-2/h4,7,9,13,19H,5-6,8,10-12,14-16H2,1-3H3/t19-/m0/s1. The minimum absolute atomic E-state index is 0.0431. The Kier molecular flexibility index (Phi) is 6.70. The van der Waals surface area contributed by atoms with Gasteiger partial charge in [-0.15, -0.1) is 0 Å². The zero-order valence-corrected chi connectivity index (χ0v) is 18.8. The molecule has 7 nitrogen and oxygen atoms in total. The molecular weight excluding hydrogens is 392 g/mol. The lowest BCUT2D eigenvalue weighted by Crippen LogP contribution is -2.41. The number of likely N-dealkylation sites (tertiary alicyclic amines) is 1. The van der Waals surface area contributed by atoms with Gasteiger partial charge in [0.1, 0.15) is 24.0 Å². The molecule has 0 saturated carbocycles. The van der Waals surface area contributed by atoms with E-state index in [0.717, 1.165) is 68.4 Å². The van der Waals surface area contributed by atoms with Gasteiger partial charge in [0.2, 0.25) is 5.91 Å². The summed E-state index contributed by atoms with van der Waals surface area (Å²) in [5, 5.41) is 0. The fourth-order valence-corrected chi connectivity index (χ4v) is 4.67. The molecule has 0 spiro atoms. The number of amides is 1. The van der Waals surface area contributed by atoms with E-state index in [1.165, 1.54) is 11.1 Å². The average molecular weight is 425 g/mol. The summed E-state index contributed by atoms with van der Waals surface area (Å²) in [6, 6.07) is 8.22. The van der Waals surface area contributed by atoms with Gasteiger partial charge in [0.15, 0.2) is 0 Å². The Labute approximate surface area is 184 Å². The minimum Gasteiger partial charge on any atom is -0.497 e. The number of carbonyl (C=O) groups is 1. The van der Waals surface area contributed by atoms with Crippen LogP contribution in [0.15, 0.2) is 24.3 Å². The highest BCUT2D eigenvalue weighted by Crippen LogP contribution is 2.32. The van der Waals surface area contributed by atoms with Gasteiger partial charge in [0.25, 0.3) is 0 Å². The number of hydrogen-bond donors (Lipinski definition) is 0. The maximum absolute atomic E-state index is 12.3. The Morgan fingerprint density at radius 3 is 2.87 bits per heavy atom. The smallest absolute Gasteiger partial charge is 0.248 e. The van der Waals surface area contributed by atoms with Gasteiger partial charge in [-0.3, -0.25) is 4.79 Å². The molecule has 1 saturated heterocycles. The van der Waals surface area contributed by atoms with Gasteiger partial charge in [-0.05, 0) is 50.3 Å². The summed E-state index contributed by atoms with van der Waals surface area (Å²) in [5.41, 5.74) is 3.52. The van der Waals surface area contributed by atoms with Crippen molar-refractivity contribution in [2.45, 2.75) is 45.1 Å². The number of piperidine rings is 1. The third-order valence-corrected chi connectivity index (χ3v) is 6.28. The molecule has 166 valence electrons. The number of fused-ring (bicyclic) bond motifs is 1. The third kappa shape index (κ3) is 4.82. The fourth-order valence-electron chi connectivity index (χ4n) is 4.67. The fraction of sp³-hybridized carbons (Fsp3) is 0.542. The normalized spacial score (nSPS) is 18.6. The molecule has 1 atom stereocenters. The van der Waals surface area contributed by atoms with Crippen molar-refractivity contribution < 1.29 is 14.3 Å². The summed E-state index contributed by atoms with van der Waals surface area (Å²) in [7, 11) is 3.26. The number of hydrogen-bond acceptors (Lipinski definition) is 6. The molecular formula is C24H32N4O3. The van der Waals surface area contributed by atoms with Crippen molar-refractivity contribution in [3.8, 4) is 5.75 Å². The van der Waals surface area contributed by atoms with Crippen molar-refractivity contribution in [2.75, 3.05) is 45.4 Å². The number of anilines is 1. The number of carbonyl (C=O) groups excluding carboxylic acids is 1. The van der Waals surface area contributed by atoms with Crippen LogP contribution in [0.25, 0.3) is 0 Å². The maximum atomic E-state index is 12.3. The van der Waals surface area contributed by atoms with Gasteiger partial charge in [0.05, 0.1) is 7.11 Å². The Morgan fingerprint density at radius 1 is 1.19 bits per heavy atom. The lowest BCUT2D eigenvalue weighted by molar-refractivity contribution is -0.136. The average Bonchev–Trinajstić information content (AvgIpc) is 2.80. The number of nitrogens with zero attached hydrogens (tertiary/aromatic N) is 4. The number of rotatable bonds is 6. The summed E-state index contributed by atoms with van der Waals surface area (Å²) < 4.78 is 10.4. The van der Waals surface area contributed by atoms with Crippen LogP contribution in [0.4, 0.5) is 5.82 Å². The SMILES string of the molecule is COCC(=O)N1CCC[C@H](c2nc(C)c3c(n2)N(Cc2cccc(OC)c2)CCC3)C1. The molecule has 1 amide bonds. The minimum atomic E-state index is 0.0431. The Hall–Kier alpha value is -2.67. The van der Waals surface area contributed by atoms with Crippen LogP contribution in [0.5, 0.6) is 5.75 Å². The number of benzene rings is 1. The third-order valence-electron chi connectivity index (χ3n) is 6.28. The highest BCUT2D eigenvalue weighted by atomic mass is 16.5. The van der Waals surface area contributed by atoms with Crippen LogP contribution in [0, 0.1) is 6.92 Å². The second-order valence-corrected chi connectivity index (χ2v) is 8.46. The molecule has 0 bridgehead atoms. The first-order valence-corrected chi connectivity index (χ1v) is 11.1. The van der Waals surface area contributed by atoms with Crippen LogP contribution >= 0.6 is 0 Å². The molecule has 1 aromatic carbocycles. The Balaban J connectivity index is 1.59. The highest BCUT2D eigenvalue weighted by Gasteiger charge is 2.29. The number of aromatic nitrogens is 2. The van der Waals surface area contributed by atoms with Crippen molar-refractivity contribution >= 4 is 11.7 Å². The van der Waals surface area contributed by atoms with Crippen LogP contribution in [0.1, 0.15) is 47.8 Å². The van der Waals surface area contributed by atoms with Crippen molar-refractivity contribution in [3.05, 3.63) is 46.9 Å². The predicted octanol–water partition coefficient (Wildman–Crippen LogP) is 3.10. The lowest BCUT2D eigenvalue weighted by Gasteiger charge is -2.34. The molecule has 1 fully saturated rings. The van der Waals surface area contributed by atoms with E-state index in [0.29, 0.717) is 6.54 Å². The maximum Gasteiger partial charge on any atom is 0.248 e. The topological polar surface area (TPSA) is 67.8 Å². The van der Waals surface area contributed by atoms with E-state index < -0.39 is 0 Å². The molecule has 2 aliphatic rings. The first-order valence-electron chi connectivity index (χ1n) is 11.1. The van der Waals surface area contributed by atoms with E-state index in [1.54, 1.807) is 14.2 Å². The molecule has 2 aliphatic heterocycles. The molecule has 0 radical (unpaired) electrons. The van der Waals surface area contributed by atoms with Gasteiger partial charge in [-0.1, -0.05) is 12.1 Å². The van der Waals surface area contributed by atoms with E-state index >= 15 is 0 Å². The van der Waals surface area contributed by atoms with Gasteiger partial charge in [0, 0.05) is 50.5 Å². The Morgan fingerprint density at radius 2 is 2.06 bits per heavy atom. The van der Waals surface area contributed by atoms with Gasteiger partial charge >= 0.3 is 0 Å². The first-order chi connectivity index (χ1) is 15.1. The molecule has 7 heteroatoms. The first kappa shape index (κ1) is 21.6. The molecule has 0 aliphatic carbocycles. The predicted molar refractivity (Wildman–Crippen MR) is 120 cm³/mol. The molecule has 0 unspecified atom stereocenters. The largest absolute Gasteiger partial charge is 0.497 e. The monoisotopic (exact) mass is 424 g/mol. The summed E-state index contributed by atoms with van der Waals surface area (Å²) in [6.45, 7) is 5.44. The summed E-state index contributed by atoms with van der Waals surface area (Å²) >= 11 is 0. The number of ether oxygens (including phenoxy) is 2. The van der Waals surface area contributed by atoms with Gasteiger partial charge in [-0.25, -0.2) is 9.97 Å². The molecule has 31 heavy (non-hydrogen) atoms.